The van der Waals surface area contributed by atoms with Crippen molar-refractivity contribution in [1.29, 1.82) is 5.26 Å². The Morgan fingerprint density at radius 1 is 1.29 bits per heavy atom. The molecule has 0 aliphatic heterocycles. The van der Waals surface area contributed by atoms with Gasteiger partial charge >= 0.3 is 0 Å². The van der Waals surface area contributed by atoms with Gasteiger partial charge in [0, 0.05) is 6.42 Å². The molecule has 0 amide bonds. The van der Waals surface area contributed by atoms with Crippen LogP contribution in [0.15, 0.2) is 23.5 Å². The summed E-state index contributed by atoms with van der Waals surface area (Å²) < 4.78 is 0. The highest BCUT2D eigenvalue weighted by molar-refractivity contribution is 5.92. The molecule has 3 nitrogen and oxygen atoms in total. The molecule has 0 aromatic rings. The summed E-state index contributed by atoms with van der Waals surface area (Å²) in [4.78, 5) is 11.9. The molecule has 126 valence electrons. The smallest absolute Gasteiger partial charge is 0.156 e. The largest absolute Gasteiger partial charge is 0.515 e. The average molecular weight is 323 g/mol. The molecule has 5 aliphatic carbocycles. The Bertz CT molecular complexity index is 714. The maximum Gasteiger partial charge on any atom is 0.156 e. The Balaban J connectivity index is 1.55. The standard InChI is InChI=1S/C21H25NO2/c1-21-5-4-14-13-3-2-12(24)7-15(13)11(10-23)6-17(14)20(21)18-8-16(18)19(21)9-22/h7,10,13-14,16-20,23H,2-6,8H2,1H3/t13-,14-,16+,17-,18-,19+,20-,21-/m1/s1. The van der Waals surface area contributed by atoms with Crippen molar-refractivity contribution in [1.82, 2.24) is 0 Å². The van der Waals surface area contributed by atoms with E-state index in [9.17, 15) is 15.2 Å². The van der Waals surface area contributed by atoms with Gasteiger partial charge in [-0.05, 0) is 90.2 Å². The minimum atomic E-state index is 0.176. The Kier molecular flexibility index (Phi) is 2.92. The van der Waals surface area contributed by atoms with Crippen molar-refractivity contribution in [3.05, 3.63) is 23.5 Å². The van der Waals surface area contributed by atoms with Gasteiger partial charge in [-0.3, -0.25) is 4.79 Å². The Morgan fingerprint density at radius 2 is 2.12 bits per heavy atom. The van der Waals surface area contributed by atoms with E-state index in [-0.39, 0.29) is 17.1 Å². The molecule has 4 saturated carbocycles. The summed E-state index contributed by atoms with van der Waals surface area (Å²) in [5.74, 6) is 4.14. The highest BCUT2D eigenvalue weighted by Crippen LogP contribution is 2.74. The van der Waals surface area contributed by atoms with Crippen molar-refractivity contribution in [2.45, 2.75) is 45.4 Å². The molecule has 1 N–H and O–H groups in total. The SMILES string of the molecule is C[C@]12CC[C@H]3[C@@H](CC(=CO)C4=CC(=O)CC[C@@H]43)[C@@H]1[C@@H]1C[C@@H]1[C@@H]2C#N. The van der Waals surface area contributed by atoms with Crippen LogP contribution in [0, 0.1) is 58.2 Å². The van der Waals surface area contributed by atoms with Gasteiger partial charge in [-0.1, -0.05) is 6.92 Å². The van der Waals surface area contributed by atoms with Crippen LogP contribution in [0.4, 0.5) is 0 Å². The molecule has 4 fully saturated rings. The summed E-state index contributed by atoms with van der Waals surface area (Å²) in [5, 5.41) is 19.5. The number of fused-ring (bicyclic) bond motifs is 7. The molecule has 5 aliphatic rings. The minimum Gasteiger partial charge on any atom is -0.515 e. The van der Waals surface area contributed by atoms with Crippen LogP contribution in [-0.2, 0) is 4.79 Å². The second kappa shape index (κ2) is 4.75. The monoisotopic (exact) mass is 323 g/mol. The van der Waals surface area contributed by atoms with Crippen LogP contribution in [0.3, 0.4) is 0 Å². The summed E-state index contributed by atoms with van der Waals surface area (Å²) in [6.45, 7) is 2.37. The first-order chi connectivity index (χ1) is 11.6. The van der Waals surface area contributed by atoms with E-state index >= 15 is 0 Å². The highest BCUT2D eigenvalue weighted by atomic mass is 16.2. The normalized spacial score (nSPS) is 53.3. The lowest BCUT2D eigenvalue weighted by molar-refractivity contribution is -0.115. The van der Waals surface area contributed by atoms with Crippen LogP contribution < -0.4 is 0 Å². The second-order valence-electron chi connectivity index (χ2n) is 9.14. The fraction of sp³-hybridized carbons (Fsp3) is 0.714. The van der Waals surface area contributed by atoms with Crippen molar-refractivity contribution >= 4 is 5.78 Å². The van der Waals surface area contributed by atoms with Gasteiger partial charge in [0.25, 0.3) is 0 Å². The highest BCUT2D eigenvalue weighted by Gasteiger charge is 2.69. The summed E-state index contributed by atoms with van der Waals surface area (Å²) in [7, 11) is 0. The number of allylic oxidation sites excluding steroid dienone is 2. The maximum atomic E-state index is 11.9. The third-order valence-electron chi connectivity index (χ3n) is 8.34. The van der Waals surface area contributed by atoms with Gasteiger partial charge in [0.15, 0.2) is 5.78 Å². The number of aliphatic hydroxyl groups is 1. The van der Waals surface area contributed by atoms with Crippen molar-refractivity contribution in [2.75, 3.05) is 0 Å². The molecule has 8 atom stereocenters. The first-order valence-electron chi connectivity index (χ1n) is 9.56. The van der Waals surface area contributed by atoms with E-state index in [0.717, 1.165) is 29.9 Å². The van der Waals surface area contributed by atoms with Gasteiger partial charge < -0.3 is 5.11 Å². The molecule has 0 heterocycles. The average Bonchev–Trinajstić information content (AvgIpc) is 3.28. The number of hydrogen-bond donors (Lipinski definition) is 1. The minimum absolute atomic E-state index is 0.176. The zero-order valence-electron chi connectivity index (χ0n) is 14.2. The number of carbonyl (C=O) groups excluding carboxylic acids is 1. The fourth-order valence-corrected chi connectivity index (χ4v) is 7.41. The third-order valence-corrected chi connectivity index (χ3v) is 8.34. The lowest BCUT2D eigenvalue weighted by Gasteiger charge is -2.54. The second-order valence-corrected chi connectivity index (χ2v) is 9.14. The van der Waals surface area contributed by atoms with Gasteiger partial charge in [0.2, 0.25) is 0 Å². The number of ketones is 1. The first kappa shape index (κ1) is 14.8. The predicted molar refractivity (Wildman–Crippen MR) is 89.7 cm³/mol. The number of nitrogens with zero attached hydrogens (tertiary/aromatic N) is 1. The van der Waals surface area contributed by atoms with Gasteiger partial charge in [-0.2, -0.15) is 5.26 Å². The molecule has 0 aromatic carbocycles. The van der Waals surface area contributed by atoms with E-state index in [1.807, 2.05) is 6.08 Å². The molecule has 0 bridgehead atoms. The number of nitriles is 1. The Morgan fingerprint density at radius 3 is 2.88 bits per heavy atom. The lowest BCUT2D eigenvalue weighted by atomic mass is 9.49. The quantitative estimate of drug-likeness (QED) is 0.680. The van der Waals surface area contributed by atoms with E-state index in [1.54, 1.807) is 0 Å². The zero-order valence-corrected chi connectivity index (χ0v) is 14.2. The van der Waals surface area contributed by atoms with Gasteiger partial charge in [-0.25, -0.2) is 0 Å². The van der Waals surface area contributed by atoms with E-state index in [2.05, 4.69) is 13.0 Å². The van der Waals surface area contributed by atoms with Crippen molar-refractivity contribution < 1.29 is 9.90 Å². The van der Waals surface area contributed by atoms with E-state index in [0.29, 0.717) is 36.0 Å². The Labute approximate surface area is 143 Å². The van der Waals surface area contributed by atoms with Crippen LogP contribution >= 0.6 is 0 Å². The van der Waals surface area contributed by atoms with Crippen LogP contribution in [0.1, 0.15) is 45.4 Å². The van der Waals surface area contributed by atoms with Crippen LogP contribution in [-0.4, -0.2) is 10.9 Å². The van der Waals surface area contributed by atoms with Crippen LogP contribution in [0.5, 0.6) is 0 Å². The van der Waals surface area contributed by atoms with Gasteiger partial charge in [0.05, 0.1) is 18.2 Å². The first-order valence-corrected chi connectivity index (χ1v) is 9.56. The zero-order chi connectivity index (χ0) is 16.6. The molecule has 5 rings (SSSR count). The Hall–Kier alpha value is -1.56. The number of hydrogen-bond acceptors (Lipinski definition) is 3. The van der Waals surface area contributed by atoms with Crippen LogP contribution in [0.2, 0.25) is 0 Å². The van der Waals surface area contributed by atoms with Crippen molar-refractivity contribution in [3.63, 3.8) is 0 Å². The predicted octanol–water partition coefficient (Wildman–Crippen LogP) is 4.18. The fourth-order valence-electron chi connectivity index (χ4n) is 7.41. The molecule has 0 spiro atoms. The summed E-state index contributed by atoms with van der Waals surface area (Å²) in [6, 6.07) is 2.66. The van der Waals surface area contributed by atoms with Crippen LogP contribution in [0.25, 0.3) is 0 Å². The molecule has 0 radical (unpaired) electrons. The molecule has 0 aromatic heterocycles. The maximum absolute atomic E-state index is 11.9. The molecule has 0 saturated heterocycles. The number of carbonyl (C=O) groups is 1. The molecule has 3 heteroatoms. The summed E-state index contributed by atoms with van der Waals surface area (Å²) in [5.41, 5.74) is 2.30. The molecule has 0 unspecified atom stereocenters. The van der Waals surface area contributed by atoms with Crippen molar-refractivity contribution in [3.8, 4) is 6.07 Å². The molecular weight excluding hydrogens is 298 g/mol. The summed E-state index contributed by atoms with van der Waals surface area (Å²) >= 11 is 0. The van der Waals surface area contributed by atoms with E-state index in [4.69, 9.17) is 0 Å². The van der Waals surface area contributed by atoms with Gasteiger partial charge in [-0.15, -0.1) is 0 Å². The van der Waals surface area contributed by atoms with E-state index < -0.39 is 0 Å². The van der Waals surface area contributed by atoms with Gasteiger partial charge in [0.1, 0.15) is 0 Å². The molecule has 24 heavy (non-hydrogen) atoms. The van der Waals surface area contributed by atoms with E-state index in [1.165, 1.54) is 25.5 Å². The summed E-state index contributed by atoms with van der Waals surface area (Å²) in [6.07, 6.45) is 9.18. The topological polar surface area (TPSA) is 61.1 Å². The van der Waals surface area contributed by atoms with Crippen molar-refractivity contribution in [2.24, 2.45) is 46.8 Å². The molecular formula is C21H25NO2. The third kappa shape index (κ3) is 1.70. The number of rotatable bonds is 0. The lowest BCUT2D eigenvalue weighted by Crippen LogP contribution is -2.48. The number of aliphatic hydroxyl groups excluding tert-OH is 1.